The number of aliphatic imine (C=N–C) groups is 1. The van der Waals surface area contributed by atoms with Crippen molar-refractivity contribution < 1.29 is 4.74 Å². The van der Waals surface area contributed by atoms with E-state index in [-0.39, 0.29) is 0 Å². The van der Waals surface area contributed by atoms with Crippen molar-refractivity contribution in [3.05, 3.63) is 47.3 Å². The van der Waals surface area contributed by atoms with Crippen LogP contribution in [0.5, 0.6) is 5.75 Å². The van der Waals surface area contributed by atoms with Gasteiger partial charge >= 0.3 is 0 Å². The van der Waals surface area contributed by atoms with Gasteiger partial charge in [0.15, 0.2) is 11.5 Å². The molecule has 0 spiro atoms. The Balaban J connectivity index is 2.14. The zero-order valence-electron chi connectivity index (χ0n) is 7.69. The van der Waals surface area contributed by atoms with Crippen molar-refractivity contribution in [3.8, 4) is 5.75 Å². The fourth-order valence-electron chi connectivity index (χ4n) is 1.45. The van der Waals surface area contributed by atoms with E-state index in [4.69, 9.17) is 4.74 Å². The van der Waals surface area contributed by atoms with Gasteiger partial charge in [-0.25, -0.2) is 4.99 Å². The molecule has 1 aromatic rings. The molecule has 0 aliphatic carbocycles. The molecule has 2 aliphatic heterocycles. The van der Waals surface area contributed by atoms with Crippen molar-refractivity contribution in [2.75, 3.05) is 0 Å². The number of hydrogen-bond donors (Lipinski definition) is 2. The van der Waals surface area contributed by atoms with E-state index in [1.54, 1.807) is 6.20 Å². The molecular formula is C11H7N2OS. The monoisotopic (exact) mass is 215 g/mol. The van der Waals surface area contributed by atoms with E-state index in [1.165, 1.54) is 0 Å². The highest BCUT2D eigenvalue weighted by Gasteiger charge is 2.19. The Hall–Kier alpha value is -1.68. The largest absolute Gasteiger partial charge is 0.451 e. The van der Waals surface area contributed by atoms with Crippen LogP contribution >= 0.6 is 12.6 Å². The molecule has 0 saturated heterocycles. The number of nitrogens with one attached hydrogen (secondary N) is 1. The molecule has 0 fully saturated rings. The standard InChI is InChI=1S/C11H7N2OS/c15-11-5-8-10(6-12-11)14-9-4-2-1-3-7(9)13-8/h1-4,6,12,15H. The highest BCUT2D eigenvalue weighted by molar-refractivity contribution is 7.84. The second-order valence-corrected chi connectivity index (χ2v) is 3.60. The summed E-state index contributed by atoms with van der Waals surface area (Å²) in [5.74, 6) is 1.44. The van der Waals surface area contributed by atoms with Crippen LogP contribution in [-0.4, -0.2) is 5.71 Å². The molecule has 2 aliphatic rings. The molecule has 3 rings (SSSR count). The minimum Gasteiger partial charge on any atom is -0.451 e. The summed E-state index contributed by atoms with van der Waals surface area (Å²) < 4.78 is 5.64. The van der Waals surface area contributed by atoms with Gasteiger partial charge in [-0.1, -0.05) is 12.1 Å². The zero-order valence-corrected chi connectivity index (χ0v) is 8.58. The van der Waals surface area contributed by atoms with Crippen LogP contribution in [0, 0.1) is 6.08 Å². The summed E-state index contributed by atoms with van der Waals surface area (Å²) in [5, 5.41) is 3.55. The summed E-state index contributed by atoms with van der Waals surface area (Å²) in [7, 11) is 0. The third kappa shape index (κ3) is 1.43. The van der Waals surface area contributed by atoms with E-state index in [2.05, 4.69) is 29.0 Å². The fourth-order valence-corrected chi connectivity index (χ4v) is 1.62. The highest BCUT2D eigenvalue weighted by Crippen LogP contribution is 2.34. The molecule has 3 nitrogen and oxygen atoms in total. The molecule has 0 saturated carbocycles. The molecule has 0 unspecified atom stereocenters. The van der Waals surface area contributed by atoms with Crippen molar-refractivity contribution in [3.63, 3.8) is 0 Å². The molecule has 1 aromatic carbocycles. The summed E-state index contributed by atoms with van der Waals surface area (Å²) in [4.78, 5) is 4.42. The topological polar surface area (TPSA) is 33.6 Å². The lowest BCUT2D eigenvalue weighted by molar-refractivity contribution is 0.446. The van der Waals surface area contributed by atoms with Gasteiger partial charge in [-0.3, -0.25) is 0 Å². The minimum atomic E-state index is 0.639. The van der Waals surface area contributed by atoms with Gasteiger partial charge < -0.3 is 10.1 Å². The maximum Gasteiger partial charge on any atom is 0.169 e. The Morgan fingerprint density at radius 2 is 2.20 bits per heavy atom. The Kier molecular flexibility index (Phi) is 1.82. The Morgan fingerprint density at radius 3 is 3.13 bits per heavy atom. The maximum atomic E-state index is 5.64. The first-order valence-electron chi connectivity index (χ1n) is 4.48. The molecule has 4 heteroatoms. The number of benzene rings is 1. The van der Waals surface area contributed by atoms with Gasteiger partial charge in [-0.05, 0) is 12.1 Å². The summed E-state index contributed by atoms with van der Waals surface area (Å²) in [6.07, 6.45) is 4.72. The normalized spacial score (nSPS) is 17.3. The number of ether oxygens (including phenoxy) is 1. The zero-order chi connectivity index (χ0) is 10.3. The van der Waals surface area contributed by atoms with Gasteiger partial charge in [0, 0.05) is 12.3 Å². The van der Waals surface area contributed by atoms with E-state index in [9.17, 15) is 0 Å². The number of rotatable bonds is 0. The molecule has 0 aromatic heterocycles. The minimum absolute atomic E-state index is 0.639. The molecule has 1 radical (unpaired) electrons. The summed E-state index contributed by atoms with van der Waals surface area (Å²) in [6.45, 7) is 0. The van der Waals surface area contributed by atoms with Crippen molar-refractivity contribution in [1.29, 1.82) is 0 Å². The van der Waals surface area contributed by atoms with Crippen LogP contribution in [-0.2, 0) is 0 Å². The average Bonchev–Trinajstić information content (AvgIpc) is 2.26. The van der Waals surface area contributed by atoms with Crippen molar-refractivity contribution in [1.82, 2.24) is 5.32 Å². The number of thiol groups is 1. The van der Waals surface area contributed by atoms with Gasteiger partial charge in [-0.2, -0.15) is 0 Å². The summed E-state index contributed by atoms with van der Waals surface area (Å²) in [6, 6.07) is 7.63. The molecule has 0 atom stereocenters. The number of nitrogens with zero attached hydrogens (tertiary/aromatic N) is 1. The molecule has 15 heavy (non-hydrogen) atoms. The lowest BCUT2D eigenvalue weighted by Crippen LogP contribution is -2.20. The quantitative estimate of drug-likeness (QED) is 0.650. The molecule has 0 amide bonds. The number of para-hydroxylation sites is 2. The second kappa shape index (κ2) is 3.17. The molecular weight excluding hydrogens is 208 g/mol. The Bertz CT molecular complexity index is 517. The first kappa shape index (κ1) is 8.61. The van der Waals surface area contributed by atoms with Gasteiger partial charge in [0.05, 0.1) is 5.03 Å². The molecule has 2 heterocycles. The summed E-state index contributed by atoms with van der Waals surface area (Å²) >= 11 is 4.16. The van der Waals surface area contributed by atoms with E-state index in [0.29, 0.717) is 16.5 Å². The highest BCUT2D eigenvalue weighted by atomic mass is 32.1. The average molecular weight is 215 g/mol. The lowest BCUT2D eigenvalue weighted by atomic mass is 10.2. The van der Waals surface area contributed by atoms with Gasteiger partial charge in [0.2, 0.25) is 0 Å². The van der Waals surface area contributed by atoms with Crippen molar-refractivity contribution in [2.24, 2.45) is 4.99 Å². The maximum absolute atomic E-state index is 5.64. The number of hydrogen-bond acceptors (Lipinski definition) is 4. The Morgan fingerprint density at radius 1 is 1.33 bits per heavy atom. The van der Waals surface area contributed by atoms with E-state index < -0.39 is 0 Å². The van der Waals surface area contributed by atoms with E-state index >= 15 is 0 Å². The van der Waals surface area contributed by atoms with Gasteiger partial charge in [0.1, 0.15) is 11.4 Å². The van der Waals surface area contributed by atoms with Crippen LogP contribution in [0.2, 0.25) is 0 Å². The predicted octanol–water partition coefficient (Wildman–Crippen LogP) is 2.17. The fraction of sp³-hybridized carbons (Fsp3) is 0. The Labute approximate surface area is 92.6 Å². The van der Waals surface area contributed by atoms with Crippen LogP contribution in [0.25, 0.3) is 0 Å². The van der Waals surface area contributed by atoms with Gasteiger partial charge in [0.25, 0.3) is 0 Å². The second-order valence-electron chi connectivity index (χ2n) is 3.16. The first-order chi connectivity index (χ1) is 7.33. The first-order valence-corrected chi connectivity index (χ1v) is 4.93. The smallest absolute Gasteiger partial charge is 0.169 e. The molecule has 0 bridgehead atoms. The van der Waals surface area contributed by atoms with Crippen LogP contribution in [0.15, 0.2) is 46.2 Å². The SMILES string of the molecule is SC1=[C]C2=Nc3ccccc3OC2=CN1. The van der Waals surface area contributed by atoms with Crippen LogP contribution in [0.3, 0.4) is 0 Å². The van der Waals surface area contributed by atoms with Crippen molar-refractivity contribution >= 4 is 24.0 Å². The number of allylic oxidation sites excluding steroid dienone is 1. The predicted molar refractivity (Wildman–Crippen MR) is 61.1 cm³/mol. The van der Waals surface area contributed by atoms with Crippen LogP contribution < -0.4 is 10.1 Å². The lowest BCUT2D eigenvalue weighted by Gasteiger charge is -2.20. The van der Waals surface area contributed by atoms with E-state index in [0.717, 1.165) is 11.4 Å². The number of fused-ring (bicyclic) bond motifs is 2. The van der Waals surface area contributed by atoms with Crippen LogP contribution in [0.4, 0.5) is 5.69 Å². The van der Waals surface area contributed by atoms with Crippen molar-refractivity contribution in [2.45, 2.75) is 0 Å². The van der Waals surface area contributed by atoms with E-state index in [1.807, 2.05) is 24.3 Å². The number of dihydropyridines is 1. The third-order valence-electron chi connectivity index (χ3n) is 2.13. The molecule has 1 N–H and O–H groups in total. The summed E-state index contributed by atoms with van der Waals surface area (Å²) in [5.41, 5.74) is 1.50. The molecule has 73 valence electrons. The van der Waals surface area contributed by atoms with Gasteiger partial charge in [-0.15, -0.1) is 12.6 Å². The van der Waals surface area contributed by atoms with Crippen LogP contribution in [0.1, 0.15) is 0 Å². The third-order valence-corrected chi connectivity index (χ3v) is 2.37.